The van der Waals surface area contributed by atoms with E-state index in [-0.39, 0.29) is 17.3 Å². The van der Waals surface area contributed by atoms with Crippen LogP contribution in [0.15, 0.2) is 66.2 Å². The molecule has 0 saturated heterocycles. The first kappa shape index (κ1) is 19.1. The molecule has 138 valence electrons. The lowest BCUT2D eigenvalue weighted by Crippen LogP contribution is -2.16. The van der Waals surface area contributed by atoms with E-state index in [9.17, 15) is 14.9 Å². The van der Waals surface area contributed by atoms with Gasteiger partial charge in [0.1, 0.15) is 0 Å². The van der Waals surface area contributed by atoms with Gasteiger partial charge in [0.2, 0.25) is 0 Å². The first-order chi connectivity index (χ1) is 13.1. The molecule has 6 nitrogen and oxygen atoms in total. The van der Waals surface area contributed by atoms with Gasteiger partial charge < -0.3 is 4.57 Å². The van der Waals surface area contributed by atoms with Gasteiger partial charge in [-0.3, -0.25) is 14.9 Å². The van der Waals surface area contributed by atoms with Crippen molar-refractivity contribution in [2.75, 3.05) is 5.75 Å². The summed E-state index contributed by atoms with van der Waals surface area (Å²) in [5, 5.41) is 11.0. The summed E-state index contributed by atoms with van der Waals surface area (Å²) in [5.74, 6) is 0.792. The summed E-state index contributed by atoms with van der Waals surface area (Å²) < 4.78 is 2.56. The summed E-state index contributed by atoms with van der Waals surface area (Å²) in [5.41, 5.74) is 1.98. The molecule has 8 heteroatoms. The zero-order valence-corrected chi connectivity index (χ0v) is 16.0. The summed E-state index contributed by atoms with van der Waals surface area (Å²) in [6.07, 6.45) is 1.71. The van der Waals surface area contributed by atoms with Crippen LogP contribution < -0.4 is 4.80 Å². The van der Waals surface area contributed by atoms with Crippen molar-refractivity contribution in [1.82, 2.24) is 4.57 Å². The third-order valence-corrected chi connectivity index (χ3v) is 5.78. The zero-order chi connectivity index (χ0) is 19.2. The second kappa shape index (κ2) is 8.79. The van der Waals surface area contributed by atoms with Crippen LogP contribution in [0.25, 0.3) is 10.2 Å². The molecule has 0 fully saturated rings. The Morgan fingerprint density at radius 3 is 2.78 bits per heavy atom. The summed E-state index contributed by atoms with van der Waals surface area (Å²) in [4.78, 5) is 27.6. The van der Waals surface area contributed by atoms with Crippen LogP contribution in [0.4, 0.5) is 5.69 Å². The van der Waals surface area contributed by atoms with Crippen LogP contribution in [-0.4, -0.2) is 21.2 Å². The van der Waals surface area contributed by atoms with Crippen molar-refractivity contribution in [2.24, 2.45) is 4.99 Å². The van der Waals surface area contributed by atoms with E-state index in [1.807, 2.05) is 34.9 Å². The van der Waals surface area contributed by atoms with Gasteiger partial charge in [0.05, 0.1) is 20.9 Å². The second-order valence-electron chi connectivity index (χ2n) is 5.68. The molecule has 0 aliphatic rings. The fraction of sp³-hybridized carbons (Fsp3) is 0.158. The van der Waals surface area contributed by atoms with E-state index in [0.717, 1.165) is 21.5 Å². The van der Waals surface area contributed by atoms with Gasteiger partial charge in [-0.05, 0) is 11.6 Å². The lowest BCUT2D eigenvalue weighted by atomic mass is 10.2. The molecule has 27 heavy (non-hydrogen) atoms. The van der Waals surface area contributed by atoms with E-state index >= 15 is 0 Å². The zero-order valence-electron chi connectivity index (χ0n) is 14.4. The second-order valence-corrected chi connectivity index (χ2v) is 7.67. The predicted octanol–water partition coefficient (Wildman–Crippen LogP) is 4.16. The van der Waals surface area contributed by atoms with Gasteiger partial charge in [-0.15, -0.1) is 18.3 Å². The van der Waals surface area contributed by atoms with E-state index in [2.05, 4.69) is 11.6 Å². The molecule has 0 bridgehead atoms. The molecule has 0 spiro atoms. The number of benzene rings is 2. The van der Waals surface area contributed by atoms with Gasteiger partial charge in [-0.2, -0.15) is 4.99 Å². The Morgan fingerprint density at radius 1 is 1.30 bits per heavy atom. The number of fused-ring (bicyclic) bond motifs is 1. The van der Waals surface area contributed by atoms with Gasteiger partial charge in [-0.1, -0.05) is 47.7 Å². The fourth-order valence-corrected chi connectivity index (χ4v) is 4.39. The number of thioether (sulfide) groups is 1. The summed E-state index contributed by atoms with van der Waals surface area (Å²) >= 11 is 2.78. The third-order valence-electron chi connectivity index (χ3n) is 3.75. The maximum absolute atomic E-state index is 12.3. The minimum Gasteiger partial charge on any atom is -0.312 e. The highest BCUT2D eigenvalue weighted by Crippen LogP contribution is 2.23. The standard InChI is InChI=1S/C19H17N3O3S2/c1-2-10-21-16-9-8-15(22(24)25)11-17(16)27-19(21)20-18(23)13-26-12-14-6-4-3-5-7-14/h2-9,11H,1,10,12-13H2. The molecule has 0 unspecified atom stereocenters. The third kappa shape index (κ3) is 4.72. The van der Waals surface area contributed by atoms with Crippen molar-refractivity contribution < 1.29 is 9.72 Å². The molecular weight excluding hydrogens is 382 g/mol. The van der Waals surface area contributed by atoms with Gasteiger partial charge in [-0.25, -0.2) is 0 Å². The number of nitro groups is 1. The maximum atomic E-state index is 12.3. The van der Waals surface area contributed by atoms with Crippen molar-refractivity contribution >= 4 is 44.9 Å². The number of hydrogen-bond acceptors (Lipinski definition) is 5. The monoisotopic (exact) mass is 399 g/mol. The first-order valence-electron chi connectivity index (χ1n) is 8.16. The molecule has 1 aromatic heterocycles. The number of hydrogen-bond donors (Lipinski definition) is 0. The molecule has 0 atom stereocenters. The Hall–Kier alpha value is -2.71. The fourth-order valence-electron chi connectivity index (χ4n) is 2.54. The van der Waals surface area contributed by atoms with Gasteiger partial charge in [0.15, 0.2) is 4.80 Å². The van der Waals surface area contributed by atoms with E-state index in [4.69, 9.17) is 0 Å². The smallest absolute Gasteiger partial charge is 0.270 e. The summed E-state index contributed by atoms with van der Waals surface area (Å²) in [7, 11) is 0. The quantitative estimate of drug-likeness (QED) is 0.340. The number of allylic oxidation sites excluding steroid dienone is 1. The molecule has 0 aliphatic heterocycles. The van der Waals surface area contributed by atoms with E-state index in [1.165, 1.54) is 35.2 Å². The van der Waals surface area contributed by atoms with E-state index in [1.54, 1.807) is 12.1 Å². The Kier molecular flexibility index (Phi) is 6.20. The molecule has 2 aromatic carbocycles. The van der Waals surface area contributed by atoms with Crippen LogP contribution in [-0.2, 0) is 17.1 Å². The van der Waals surface area contributed by atoms with Crippen molar-refractivity contribution in [3.8, 4) is 0 Å². The number of rotatable bonds is 7. The summed E-state index contributed by atoms with van der Waals surface area (Å²) in [6, 6.07) is 14.6. The SMILES string of the molecule is C=CCn1c(=NC(=O)CSCc2ccccc2)sc2cc([N+](=O)[O-])ccc21. The summed E-state index contributed by atoms with van der Waals surface area (Å²) in [6.45, 7) is 4.21. The average molecular weight is 399 g/mol. The number of non-ortho nitro benzene ring substituents is 1. The van der Waals surface area contributed by atoms with Crippen LogP contribution in [0, 0.1) is 10.1 Å². The number of amides is 1. The highest BCUT2D eigenvalue weighted by molar-refractivity contribution is 7.99. The minimum absolute atomic E-state index is 0.0193. The topological polar surface area (TPSA) is 77.5 Å². The molecule has 1 heterocycles. The van der Waals surface area contributed by atoms with Crippen LogP contribution >= 0.6 is 23.1 Å². The normalized spacial score (nSPS) is 11.6. The lowest BCUT2D eigenvalue weighted by molar-refractivity contribution is -0.384. The molecule has 0 N–H and O–H groups in total. The molecule has 0 saturated carbocycles. The highest BCUT2D eigenvalue weighted by Gasteiger charge is 2.12. The molecule has 1 amide bonds. The van der Waals surface area contributed by atoms with Crippen LogP contribution in [0.3, 0.4) is 0 Å². The van der Waals surface area contributed by atoms with Crippen LogP contribution in [0.2, 0.25) is 0 Å². The number of carbonyl (C=O) groups excluding carboxylic acids is 1. The molecule has 3 rings (SSSR count). The van der Waals surface area contributed by atoms with E-state index in [0.29, 0.717) is 11.3 Å². The molecule has 0 aliphatic carbocycles. The number of nitrogens with zero attached hydrogens (tertiary/aromatic N) is 3. The molecular formula is C19H17N3O3S2. The lowest BCUT2D eigenvalue weighted by Gasteiger charge is -2.01. The largest absolute Gasteiger partial charge is 0.312 e. The Labute approximate surface area is 164 Å². The highest BCUT2D eigenvalue weighted by atomic mass is 32.2. The van der Waals surface area contributed by atoms with Crippen LogP contribution in [0.1, 0.15) is 5.56 Å². The van der Waals surface area contributed by atoms with E-state index < -0.39 is 4.92 Å². The van der Waals surface area contributed by atoms with Crippen molar-refractivity contribution in [1.29, 1.82) is 0 Å². The van der Waals surface area contributed by atoms with Crippen molar-refractivity contribution in [3.63, 3.8) is 0 Å². The average Bonchev–Trinajstić information content (AvgIpc) is 2.99. The number of aromatic nitrogens is 1. The Bertz CT molecular complexity index is 1050. The number of nitro benzene ring substituents is 1. The Morgan fingerprint density at radius 2 is 2.07 bits per heavy atom. The minimum atomic E-state index is -0.431. The molecule has 3 aromatic rings. The van der Waals surface area contributed by atoms with Crippen molar-refractivity contribution in [2.45, 2.75) is 12.3 Å². The van der Waals surface area contributed by atoms with Crippen LogP contribution in [0.5, 0.6) is 0 Å². The first-order valence-corrected chi connectivity index (χ1v) is 10.1. The number of thiazole rings is 1. The van der Waals surface area contributed by atoms with Gasteiger partial charge in [0.25, 0.3) is 11.6 Å². The maximum Gasteiger partial charge on any atom is 0.270 e. The number of carbonyl (C=O) groups is 1. The predicted molar refractivity (Wildman–Crippen MR) is 110 cm³/mol. The molecule has 0 radical (unpaired) electrons. The van der Waals surface area contributed by atoms with Gasteiger partial charge in [0, 0.05) is 24.4 Å². The van der Waals surface area contributed by atoms with Crippen molar-refractivity contribution in [3.05, 3.63) is 81.7 Å². The Balaban J connectivity index is 1.82. The van der Waals surface area contributed by atoms with Gasteiger partial charge >= 0.3 is 0 Å².